The summed E-state index contributed by atoms with van der Waals surface area (Å²) < 4.78 is 0. The van der Waals surface area contributed by atoms with Gasteiger partial charge in [-0.25, -0.2) is 0 Å². The first-order valence-corrected chi connectivity index (χ1v) is 30.6. The third kappa shape index (κ3) is 33.5. The lowest BCUT2D eigenvalue weighted by Gasteiger charge is -2.29. The van der Waals surface area contributed by atoms with Gasteiger partial charge in [0.25, 0.3) is 0 Å². The van der Waals surface area contributed by atoms with Crippen LogP contribution in [0.25, 0.3) is 0 Å². The highest BCUT2D eigenvalue weighted by Crippen LogP contribution is 2.21. The van der Waals surface area contributed by atoms with Crippen LogP contribution in [0.3, 0.4) is 0 Å². The van der Waals surface area contributed by atoms with Crippen LogP contribution in [0.5, 0.6) is 5.75 Å². The molecule has 0 unspecified atom stereocenters. The molecule has 2 rings (SSSR count). The van der Waals surface area contributed by atoms with Gasteiger partial charge >= 0.3 is 0 Å². The highest BCUT2D eigenvalue weighted by molar-refractivity contribution is 5.98. The molecule has 1 fully saturated rings. The van der Waals surface area contributed by atoms with Crippen LogP contribution in [0, 0.1) is 0 Å². The Bertz CT molecular complexity index is 2760. The van der Waals surface area contributed by atoms with Crippen molar-refractivity contribution in [3.8, 4) is 5.75 Å². The maximum absolute atomic E-state index is 14.7. The number of aromatic hydroxyl groups is 1. The maximum Gasteiger partial charge on any atom is 0.243 e. The monoisotopic (exact) mass is 1310 g/mol. The molecule has 0 radical (unpaired) electrons. The smallest absolute Gasteiger partial charge is 0.243 e. The molecule has 0 aromatic heterocycles. The minimum absolute atomic E-state index is 0.00649. The zero-order chi connectivity index (χ0) is 69.4. The van der Waals surface area contributed by atoms with Crippen molar-refractivity contribution in [2.45, 2.75) is 164 Å². The van der Waals surface area contributed by atoms with Crippen LogP contribution < -0.4 is 117 Å². The van der Waals surface area contributed by atoms with E-state index in [0.717, 1.165) is 0 Å². The van der Waals surface area contributed by atoms with Crippen LogP contribution in [0.15, 0.2) is 54.2 Å². The van der Waals surface area contributed by atoms with Gasteiger partial charge in [-0.1, -0.05) is 12.1 Å². The number of nitrogens with two attached hydrogens (primary N) is 14. The Kier molecular flexibility index (Phi) is 36.9. The number of likely N-dealkylation sites (tertiary alicyclic amines) is 1. The lowest BCUT2D eigenvalue weighted by molar-refractivity contribution is -0.139. The molecule has 520 valence electrons. The fourth-order valence-electron chi connectivity index (χ4n) is 9.54. The van der Waals surface area contributed by atoms with E-state index in [1.165, 1.54) is 17.0 Å². The zero-order valence-electron chi connectivity index (χ0n) is 52.6. The predicted octanol–water partition coefficient (Wildman–Crippen LogP) is -8.74. The molecule has 8 atom stereocenters. The van der Waals surface area contributed by atoms with E-state index in [0.29, 0.717) is 31.2 Å². The van der Waals surface area contributed by atoms with E-state index in [2.05, 4.69) is 67.2 Å². The minimum Gasteiger partial charge on any atom is -0.508 e. The first-order valence-electron chi connectivity index (χ1n) is 30.6. The number of hydrogen-bond donors (Lipinski definition) is 22. The molecule has 0 spiro atoms. The second-order valence-electron chi connectivity index (χ2n) is 21.9. The standard InChI is InChI=1S/C55H100N28O10/c56-22-2-1-10-34(82-49(93)40-17-9-29-83(40)41(85)30-31-18-20-32(84)21-19-31)44(88)78-36(13-5-25-72-52(62)63)46(90)80-38(15-7-27-74-54(66)67)48(92)81-39(16-8-28-75-55(68)69)47(91)79-37(14-6-26-73-53(64)65)45(89)77-35(12-4-24-71-51(60)61)43(87)76-33(42(57)86)11-3-23-70-50(58)59/h18-21,33-40,84H,1-17,22-30,56H2,(H2,57,86)(H,76,87)(H,77,89)(H,78,88)(H,79,91)(H,80,90)(H,81,92)(H,82,93)(H4,58,59,70)(H4,60,61,71)(H4,62,63,72)(H4,64,65,73)(H4,66,67,74)(H4,68,69,75)/t33-,34-,35-,36-,37-,38-,39-,40-/m0/s1. The first kappa shape index (κ1) is 78.9. The second-order valence-corrected chi connectivity index (χ2v) is 21.9. The molecule has 0 saturated carbocycles. The number of carbonyl (C=O) groups is 9. The molecule has 1 aromatic rings. The Balaban J connectivity index is 2.63. The second kappa shape index (κ2) is 43.5. The lowest BCUT2D eigenvalue weighted by atomic mass is 10.0. The van der Waals surface area contributed by atoms with Crippen molar-refractivity contribution in [1.29, 1.82) is 0 Å². The fourth-order valence-corrected chi connectivity index (χ4v) is 9.54. The van der Waals surface area contributed by atoms with Gasteiger partial charge in [-0.05, 0) is 133 Å². The molecule has 9 amide bonds. The van der Waals surface area contributed by atoms with Crippen LogP contribution in [0.2, 0.25) is 0 Å². The van der Waals surface area contributed by atoms with E-state index in [4.69, 9.17) is 80.3 Å². The number of nitrogens with one attached hydrogen (secondary N) is 7. The Morgan fingerprint density at radius 2 is 0.688 bits per heavy atom. The van der Waals surface area contributed by atoms with E-state index in [1.807, 2.05) is 0 Å². The van der Waals surface area contributed by atoms with Crippen molar-refractivity contribution in [2.75, 3.05) is 52.4 Å². The molecule has 0 bridgehead atoms. The highest BCUT2D eigenvalue weighted by Gasteiger charge is 2.38. The Morgan fingerprint density at radius 1 is 0.409 bits per heavy atom. The number of hydrogen-bond acceptors (Lipinski definition) is 17. The molecule has 38 heteroatoms. The molecule has 1 aromatic carbocycles. The molecule has 38 nitrogen and oxygen atoms in total. The van der Waals surface area contributed by atoms with Gasteiger partial charge in [-0.3, -0.25) is 73.1 Å². The van der Waals surface area contributed by atoms with Crippen LogP contribution in [-0.4, -0.2) is 200 Å². The summed E-state index contributed by atoms with van der Waals surface area (Å²) in [7, 11) is 0. The SMILES string of the molecule is NCCCC[C@H](NC(=O)[C@@H]1CCCN1C(=O)Cc1ccc(O)cc1)C(=O)N[C@@H](CCCN=C(N)N)C(=O)N[C@@H](CCCN=C(N)N)C(=O)N[C@@H](CCCN=C(N)N)C(=O)N[C@@H](CCCN=C(N)N)C(=O)N[C@@H](CCCN=C(N)N)C(=O)N[C@@H](CCCN=C(N)N)C(N)=O. The summed E-state index contributed by atoms with van der Waals surface area (Å²) in [5.74, 6) is -8.57. The third-order valence-corrected chi connectivity index (χ3v) is 14.2. The number of guanidine groups is 6. The molecule has 93 heavy (non-hydrogen) atoms. The van der Waals surface area contributed by atoms with Gasteiger partial charge in [0.1, 0.15) is 54.1 Å². The largest absolute Gasteiger partial charge is 0.508 e. The number of aliphatic imine (C=N–C) groups is 6. The van der Waals surface area contributed by atoms with Crippen molar-refractivity contribution in [3.05, 3.63) is 29.8 Å². The number of amides is 9. The normalized spacial score (nSPS) is 14.6. The summed E-state index contributed by atoms with van der Waals surface area (Å²) in [6, 6.07) is -4.58. The number of carbonyl (C=O) groups excluding carboxylic acids is 9. The average Bonchev–Trinajstić information content (AvgIpc) is 1.85. The molecule has 1 saturated heterocycles. The maximum atomic E-state index is 14.7. The number of benzene rings is 1. The van der Waals surface area contributed by atoms with Crippen LogP contribution in [0.1, 0.15) is 115 Å². The molecule has 0 aliphatic carbocycles. The average molecular weight is 1310 g/mol. The quantitative estimate of drug-likeness (QED) is 0.0164. The summed E-state index contributed by atoms with van der Waals surface area (Å²) >= 11 is 0. The van der Waals surface area contributed by atoms with Gasteiger partial charge in [-0.2, -0.15) is 0 Å². The van der Waals surface area contributed by atoms with Gasteiger partial charge in [0, 0.05) is 45.8 Å². The van der Waals surface area contributed by atoms with E-state index in [1.54, 1.807) is 12.1 Å². The summed E-state index contributed by atoms with van der Waals surface area (Å²) in [5.41, 5.74) is 78.6. The van der Waals surface area contributed by atoms with Crippen LogP contribution in [0.4, 0.5) is 0 Å². The number of phenolic OH excluding ortho intramolecular Hbond substituents is 1. The van der Waals surface area contributed by atoms with Gasteiger partial charge in [-0.15, -0.1) is 0 Å². The fraction of sp³-hybridized carbons (Fsp3) is 0.618. The van der Waals surface area contributed by atoms with Crippen LogP contribution >= 0.6 is 0 Å². The summed E-state index contributed by atoms with van der Waals surface area (Å²) in [5, 5.41) is 28.5. The van der Waals surface area contributed by atoms with Crippen molar-refractivity contribution in [1.82, 2.24) is 42.1 Å². The first-order chi connectivity index (χ1) is 44.1. The van der Waals surface area contributed by atoms with E-state index in [-0.39, 0.29) is 190 Å². The molecule has 36 N–H and O–H groups in total. The van der Waals surface area contributed by atoms with Crippen molar-refractivity contribution < 1.29 is 48.3 Å². The Morgan fingerprint density at radius 3 is 0.978 bits per heavy atom. The van der Waals surface area contributed by atoms with Crippen molar-refractivity contribution >= 4 is 88.9 Å². The molecular weight excluding hydrogens is 1210 g/mol. The number of nitrogens with zero attached hydrogens (tertiary/aromatic N) is 7. The van der Waals surface area contributed by atoms with Crippen molar-refractivity contribution in [3.63, 3.8) is 0 Å². The lowest BCUT2D eigenvalue weighted by Crippen LogP contribution is -2.60. The number of unbranched alkanes of at least 4 members (excludes halogenated alkanes) is 1. The third-order valence-electron chi connectivity index (χ3n) is 14.2. The van der Waals surface area contributed by atoms with E-state index < -0.39 is 95.6 Å². The Labute approximate surface area is 539 Å². The van der Waals surface area contributed by atoms with E-state index in [9.17, 15) is 48.3 Å². The summed E-state index contributed by atoms with van der Waals surface area (Å²) in [6.07, 6.45) is 1.66. The highest BCUT2D eigenvalue weighted by atomic mass is 16.3. The van der Waals surface area contributed by atoms with Crippen LogP contribution in [-0.2, 0) is 49.6 Å². The number of primary amides is 1. The number of rotatable bonds is 45. The summed E-state index contributed by atoms with van der Waals surface area (Å²) in [4.78, 5) is 152. The molecule has 1 aliphatic rings. The molecule has 1 aliphatic heterocycles. The molecule has 1 heterocycles. The van der Waals surface area contributed by atoms with Gasteiger partial charge in [0.2, 0.25) is 53.2 Å². The van der Waals surface area contributed by atoms with E-state index >= 15 is 0 Å². The van der Waals surface area contributed by atoms with Gasteiger partial charge in [0.05, 0.1) is 6.42 Å². The van der Waals surface area contributed by atoms with Gasteiger partial charge in [0.15, 0.2) is 35.8 Å². The topological polar surface area (TPSA) is 700 Å². The minimum atomic E-state index is -1.50. The van der Waals surface area contributed by atoms with Crippen molar-refractivity contribution in [2.24, 2.45) is 110 Å². The predicted molar refractivity (Wildman–Crippen MR) is 352 cm³/mol. The summed E-state index contributed by atoms with van der Waals surface area (Å²) in [6.45, 7) is 0.598. The van der Waals surface area contributed by atoms with Gasteiger partial charge < -0.3 is 127 Å². The molecular formula is C55H100N28O10. The Hall–Kier alpha value is -10.2. The zero-order valence-corrected chi connectivity index (χ0v) is 52.6. The number of phenols is 1.